The highest BCUT2D eigenvalue weighted by Gasteiger charge is 2.42. The van der Waals surface area contributed by atoms with Gasteiger partial charge in [0, 0.05) is 36.5 Å². The van der Waals surface area contributed by atoms with Gasteiger partial charge in [-0.25, -0.2) is 0 Å². The molecular formula is C20H24Cl2N2O4. The van der Waals surface area contributed by atoms with Gasteiger partial charge >= 0.3 is 0 Å². The maximum Gasteiger partial charge on any atom is 0.233 e. The summed E-state index contributed by atoms with van der Waals surface area (Å²) in [5.74, 6) is 0.318. The summed E-state index contributed by atoms with van der Waals surface area (Å²) in [6.07, 6.45) is 2.36. The van der Waals surface area contributed by atoms with E-state index in [2.05, 4.69) is 5.32 Å². The SMILES string of the molecule is COc1c(Cl)cc(Cl)cc1C1CCN(C(=O)CC[C@@]2(C)CC(=O)NC2=O)CC1. The Morgan fingerprint density at radius 3 is 2.54 bits per heavy atom. The van der Waals surface area contributed by atoms with Gasteiger partial charge in [-0.1, -0.05) is 30.1 Å². The molecule has 0 saturated carbocycles. The molecule has 3 amide bonds. The first kappa shape index (κ1) is 20.9. The number of rotatable bonds is 5. The van der Waals surface area contributed by atoms with Gasteiger partial charge in [-0.2, -0.15) is 0 Å². The van der Waals surface area contributed by atoms with Crippen molar-refractivity contribution >= 4 is 40.9 Å². The van der Waals surface area contributed by atoms with Gasteiger partial charge in [0.25, 0.3) is 0 Å². The Kier molecular flexibility index (Phi) is 6.20. The fourth-order valence-electron chi connectivity index (χ4n) is 4.04. The van der Waals surface area contributed by atoms with Gasteiger partial charge in [-0.3, -0.25) is 19.7 Å². The second-order valence-electron chi connectivity index (χ2n) is 7.78. The molecular weight excluding hydrogens is 403 g/mol. The van der Waals surface area contributed by atoms with E-state index in [-0.39, 0.29) is 36.5 Å². The molecule has 2 aliphatic rings. The van der Waals surface area contributed by atoms with Gasteiger partial charge in [-0.05, 0) is 37.3 Å². The summed E-state index contributed by atoms with van der Waals surface area (Å²) < 4.78 is 5.45. The smallest absolute Gasteiger partial charge is 0.233 e. The molecule has 2 fully saturated rings. The number of hydrogen-bond donors (Lipinski definition) is 1. The second kappa shape index (κ2) is 8.29. The van der Waals surface area contributed by atoms with Crippen LogP contribution in [0.5, 0.6) is 5.75 Å². The minimum atomic E-state index is -0.782. The number of benzene rings is 1. The lowest BCUT2D eigenvalue weighted by Crippen LogP contribution is -2.39. The van der Waals surface area contributed by atoms with E-state index in [0.717, 1.165) is 18.4 Å². The van der Waals surface area contributed by atoms with E-state index in [1.54, 1.807) is 20.1 Å². The molecule has 3 rings (SSSR count). The Hall–Kier alpha value is -1.79. The zero-order chi connectivity index (χ0) is 20.5. The highest BCUT2D eigenvalue weighted by Crippen LogP contribution is 2.40. The summed E-state index contributed by atoms with van der Waals surface area (Å²) in [4.78, 5) is 37.8. The summed E-state index contributed by atoms with van der Waals surface area (Å²) in [5.41, 5.74) is 0.191. The summed E-state index contributed by atoms with van der Waals surface area (Å²) in [6, 6.07) is 3.54. The predicted molar refractivity (Wildman–Crippen MR) is 107 cm³/mol. The molecule has 28 heavy (non-hydrogen) atoms. The van der Waals surface area contributed by atoms with Gasteiger partial charge < -0.3 is 9.64 Å². The first-order chi connectivity index (χ1) is 13.2. The van der Waals surface area contributed by atoms with Crippen LogP contribution < -0.4 is 10.1 Å². The van der Waals surface area contributed by atoms with Crippen LogP contribution in [0.25, 0.3) is 0 Å². The number of carbonyl (C=O) groups excluding carboxylic acids is 3. The zero-order valence-electron chi connectivity index (χ0n) is 16.0. The summed E-state index contributed by atoms with van der Waals surface area (Å²) in [7, 11) is 1.59. The Balaban J connectivity index is 1.58. The normalized spacial score (nSPS) is 23.1. The second-order valence-corrected chi connectivity index (χ2v) is 8.62. The molecule has 2 aliphatic heterocycles. The number of amides is 3. The summed E-state index contributed by atoms with van der Waals surface area (Å²) in [6.45, 7) is 2.99. The first-order valence-corrected chi connectivity index (χ1v) is 10.1. The topological polar surface area (TPSA) is 75.7 Å². The van der Waals surface area contributed by atoms with E-state index < -0.39 is 5.41 Å². The summed E-state index contributed by atoms with van der Waals surface area (Å²) in [5, 5.41) is 3.37. The molecule has 0 aromatic heterocycles. The van der Waals surface area contributed by atoms with Crippen molar-refractivity contribution in [3.05, 3.63) is 27.7 Å². The minimum absolute atomic E-state index is 0.0166. The number of hydrogen-bond acceptors (Lipinski definition) is 4. The zero-order valence-corrected chi connectivity index (χ0v) is 17.5. The van der Waals surface area contributed by atoms with Crippen molar-refractivity contribution in [1.29, 1.82) is 0 Å². The number of piperidine rings is 1. The lowest BCUT2D eigenvalue weighted by atomic mass is 9.83. The molecule has 1 N–H and O–H groups in total. The molecule has 1 aromatic carbocycles. The van der Waals surface area contributed by atoms with Gasteiger partial charge in [0.05, 0.1) is 17.5 Å². The third-order valence-corrected chi connectivity index (χ3v) is 6.27. The molecule has 0 spiro atoms. The van der Waals surface area contributed by atoms with Gasteiger partial charge in [0.15, 0.2) is 0 Å². The van der Waals surface area contributed by atoms with E-state index in [1.165, 1.54) is 0 Å². The number of nitrogens with zero attached hydrogens (tertiary/aromatic N) is 1. The number of halogens is 2. The van der Waals surface area contributed by atoms with Crippen molar-refractivity contribution < 1.29 is 19.1 Å². The van der Waals surface area contributed by atoms with Crippen LogP contribution >= 0.6 is 23.2 Å². The van der Waals surface area contributed by atoms with E-state index in [4.69, 9.17) is 27.9 Å². The van der Waals surface area contributed by atoms with Crippen molar-refractivity contribution in [2.75, 3.05) is 20.2 Å². The molecule has 0 unspecified atom stereocenters. The third-order valence-electron chi connectivity index (χ3n) is 5.77. The quantitative estimate of drug-likeness (QED) is 0.730. The maximum atomic E-state index is 12.6. The lowest BCUT2D eigenvalue weighted by molar-refractivity contribution is -0.133. The fourth-order valence-corrected chi connectivity index (χ4v) is 4.62. The predicted octanol–water partition coefficient (Wildman–Crippen LogP) is 3.54. The molecule has 8 heteroatoms. The van der Waals surface area contributed by atoms with E-state index >= 15 is 0 Å². The standard InChI is InChI=1S/C20H24Cl2N2O4/c1-20(11-16(25)23-19(20)27)6-3-17(26)24-7-4-12(5-8-24)14-9-13(21)10-15(22)18(14)28-2/h9-10,12H,3-8,11H2,1-2H3,(H,23,25,27)/t20-/m0/s1. The van der Waals surface area contributed by atoms with Crippen molar-refractivity contribution in [1.82, 2.24) is 10.2 Å². The van der Waals surface area contributed by atoms with Crippen molar-refractivity contribution in [3.8, 4) is 5.75 Å². The average Bonchev–Trinajstić information content (AvgIpc) is 2.91. The first-order valence-electron chi connectivity index (χ1n) is 9.38. The van der Waals surface area contributed by atoms with Gasteiger partial charge in [-0.15, -0.1) is 0 Å². The Bertz CT molecular complexity index is 806. The Morgan fingerprint density at radius 1 is 1.29 bits per heavy atom. The van der Waals surface area contributed by atoms with E-state index in [9.17, 15) is 14.4 Å². The number of carbonyl (C=O) groups is 3. The molecule has 6 nitrogen and oxygen atoms in total. The lowest BCUT2D eigenvalue weighted by Gasteiger charge is -2.33. The van der Waals surface area contributed by atoms with Crippen LogP contribution in [0.3, 0.4) is 0 Å². The van der Waals surface area contributed by atoms with Crippen molar-refractivity contribution in [3.63, 3.8) is 0 Å². The van der Waals surface area contributed by atoms with Gasteiger partial charge in [0.1, 0.15) is 5.75 Å². The van der Waals surface area contributed by atoms with Crippen LogP contribution in [-0.4, -0.2) is 42.8 Å². The Labute approximate surface area is 174 Å². The minimum Gasteiger partial charge on any atom is -0.495 e. The summed E-state index contributed by atoms with van der Waals surface area (Å²) >= 11 is 12.4. The molecule has 1 aromatic rings. The molecule has 0 aliphatic carbocycles. The maximum absolute atomic E-state index is 12.6. The van der Waals surface area contributed by atoms with Gasteiger partial charge in [0.2, 0.25) is 17.7 Å². The molecule has 0 bridgehead atoms. The average molecular weight is 427 g/mol. The van der Waals surface area contributed by atoms with Crippen LogP contribution in [0.2, 0.25) is 10.0 Å². The number of ether oxygens (including phenoxy) is 1. The number of methoxy groups -OCH3 is 1. The van der Waals surface area contributed by atoms with Crippen LogP contribution in [0.1, 0.15) is 50.5 Å². The largest absolute Gasteiger partial charge is 0.495 e. The van der Waals surface area contributed by atoms with Crippen molar-refractivity contribution in [2.24, 2.45) is 5.41 Å². The monoisotopic (exact) mass is 426 g/mol. The molecule has 0 radical (unpaired) electrons. The van der Waals surface area contributed by atoms with E-state index in [1.807, 2.05) is 11.0 Å². The number of imide groups is 1. The molecule has 2 saturated heterocycles. The highest BCUT2D eigenvalue weighted by atomic mass is 35.5. The third kappa shape index (κ3) is 4.28. The van der Waals surface area contributed by atoms with Crippen LogP contribution in [0.4, 0.5) is 0 Å². The fraction of sp³-hybridized carbons (Fsp3) is 0.550. The van der Waals surface area contributed by atoms with Crippen LogP contribution in [0, 0.1) is 5.41 Å². The van der Waals surface area contributed by atoms with Crippen molar-refractivity contribution in [2.45, 2.75) is 44.9 Å². The highest BCUT2D eigenvalue weighted by molar-refractivity contribution is 6.35. The van der Waals surface area contributed by atoms with Crippen LogP contribution in [-0.2, 0) is 14.4 Å². The molecule has 2 heterocycles. The number of nitrogens with one attached hydrogen (secondary N) is 1. The number of likely N-dealkylation sites (tertiary alicyclic amines) is 1. The van der Waals surface area contributed by atoms with Crippen LogP contribution in [0.15, 0.2) is 12.1 Å². The van der Waals surface area contributed by atoms with E-state index in [0.29, 0.717) is 35.3 Å². The molecule has 1 atom stereocenters. The Morgan fingerprint density at radius 2 is 1.96 bits per heavy atom. The molecule has 152 valence electrons.